The largest absolute Gasteiger partial charge is 0.360 e. The first kappa shape index (κ1) is 14.2. The van der Waals surface area contributed by atoms with Crippen LogP contribution in [-0.4, -0.2) is 44.1 Å². The first-order valence-electron chi connectivity index (χ1n) is 5.75. The number of pyridine rings is 1. The molecule has 17 heavy (non-hydrogen) atoms. The minimum absolute atomic E-state index is 0.444. The lowest BCUT2D eigenvalue weighted by Gasteiger charge is -2.20. The molecule has 2 N–H and O–H groups in total. The van der Waals surface area contributed by atoms with Crippen LogP contribution in [0.2, 0.25) is 5.02 Å². The van der Waals surface area contributed by atoms with Gasteiger partial charge in [-0.15, -0.1) is 0 Å². The lowest BCUT2D eigenvalue weighted by Crippen LogP contribution is -2.24. The molecule has 0 saturated carbocycles. The first-order chi connectivity index (χ1) is 8.04. The van der Waals surface area contributed by atoms with Gasteiger partial charge in [0.2, 0.25) is 0 Å². The number of hydrogen-bond acceptors (Lipinski definition) is 4. The van der Waals surface area contributed by atoms with Gasteiger partial charge in [0.05, 0.1) is 5.02 Å². The first-order valence-corrected chi connectivity index (χ1v) is 6.12. The van der Waals surface area contributed by atoms with Crippen LogP contribution in [0.15, 0.2) is 12.3 Å². The Morgan fingerprint density at radius 3 is 2.59 bits per heavy atom. The van der Waals surface area contributed by atoms with E-state index in [2.05, 4.69) is 28.9 Å². The van der Waals surface area contributed by atoms with Crippen LogP contribution >= 0.6 is 11.6 Å². The van der Waals surface area contributed by atoms with Crippen LogP contribution in [-0.2, 0) is 6.54 Å². The Balaban J connectivity index is 2.59. The second kappa shape index (κ2) is 6.79. The van der Waals surface area contributed by atoms with Crippen molar-refractivity contribution in [2.45, 2.75) is 13.0 Å². The van der Waals surface area contributed by atoms with Gasteiger partial charge in [0.15, 0.2) is 0 Å². The summed E-state index contributed by atoms with van der Waals surface area (Å²) in [4.78, 5) is 8.61. The third kappa shape index (κ3) is 4.50. The van der Waals surface area contributed by atoms with Crippen molar-refractivity contribution >= 4 is 17.4 Å². The maximum Gasteiger partial charge on any atom is 0.128 e. The van der Waals surface area contributed by atoms with Crippen LogP contribution in [0, 0.1) is 0 Å². The van der Waals surface area contributed by atoms with E-state index in [4.69, 9.17) is 17.3 Å². The van der Waals surface area contributed by atoms with Crippen molar-refractivity contribution in [3.8, 4) is 0 Å². The highest BCUT2D eigenvalue weighted by atomic mass is 35.5. The maximum absolute atomic E-state index is 5.98. The number of anilines is 1. The van der Waals surface area contributed by atoms with Gasteiger partial charge in [-0.05, 0) is 38.7 Å². The van der Waals surface area contributed by atoms with Gasteiger partial charge in [0.25, 0.3) is 0 Å². The SMILES string of the molecule is CN(C)CCCN(C)c1cc(CN)c(Cl)cn1. The van der Waals surface area contributed by atoms with Crippen LogP contribution in [0.3, 0.4) is 0 Å². The number of nitrogens with two attached hydrogens (primary N) is 1. The van der Waals surface area contributed by atoms with Gasteiger partial charge in [-0.3, -0.25) is 0 Å². The Hall–Kier alpha value is -0.840. The van der Waals surface area contributed by atoms with Gasteiger partial charge >= 0.3 is 0 Å². The molecule has 0 bridgehead atoms. The Morgan fingerprint density at radius 2 is 2.00 bits per heavy atom. The molecule has 0 unspecified atom stereocenters. The lowest BCUT2D eigenvalue weighted by atomic mass is 10.2. The van der Waals surface area contributed by atoms with Crippen molar-refractivity contribution in [2.75, 3.05) is 39.1 Å². The van der Waals surface area contributed by atoms with E-state index >= 15 is 0 Å². The lowest BCUT2D eigenvalue weighted by molar-refractivity contribution is 0.401. The zero-order chi connectivity index (χ0) is 12.8. The normalized spacial score (nSPS) is 10.9. The molecule has 0 saturated heterocycles. The average Bonchev–Trinajstić information content (AvgIpc) is 2.29. The van der Waals surface area contributed by atoms with Crippen molar-refractivity contribution in [3.05, 3.63) is 22.8 Å². The Bertz CT molecular complexity index is 354. The van der Waals surface area contributed by atoms with Crippen LogP contribution in [0.5, 0.6) is 0 Å². The highest BCUT2D eigenvalue weighted by molar-refractivity contribution is 6.31. The Kier molecular flexibility index (Phi) is 5.68. The summed E-state index contributed by atoms with van der Waals surface area (Å²) in [7, 11) is 6.19. The summed E-state index contributed by atoms with van der Waals surface area (Å²) < 4.78 is 0. The molecule has 0 aliphatic carbocycles. The predicted molar refractivity (Wildman–Crippen MR) is 73.6 cm³/mol. The average molecular weight is 257 g/mol. The Labute approximate surface area is 108 Å². The molecule has 5 heteroatoms. The fraction of sp³-hybridized carbons (Fsp3) is 0.583. The van der Waals surface area contributed by atoms with Gasteiger partial charge in [-0.1, -0.05) is 11.6 Å². The third-order valence-corrected chi connectivity index (χ3v) is 2.97. The van der Waals surface area contributed by atoms with E-state index in [0.29, 0.717) is 11.6 Å². The molecule has 0 atom stereocenters. The standard InChI is InChI=1S/C12H21ClN4/c1-16(2)5-4-6-17(3)12-7-10(8-14)11(13)9-15-12/h7,9H,4-6,8,14H2,1-3H3. The van der Waals surface area contributed by atoms with E-state index < -0.39 is 0 Å². The minimum Gasteiger partial charge on any atom is -0.360 e. The fourth-order valence-corrected chi connectivity index (χ4v) is 1.75. The molecule has 1 rings (SSSR count). The minimum atomic E-state index is 0.444. The van der Waals surface area contributed by atoms with E-state index in [1.165, 1.54) is 0 Å². The molecule has 1 aromatic rings. The molecule has 1 aromatic heterocycles. The number of nitrogens with zero attached hydrogens (tertiary/aromatic N) is 3. The van der Waals surface area contributed by atoms with Crippen molar-refractivity contribution in [1.82, 2.24) is 9.88 Å². The molecular formula is C12H21ClN4. The molecule has 0 radical (unpaired) electrons. The molecule has 0 aromatic carbocycles. The summed E-state index contributed by atoms with van der Waals surface area (Å²) >= 11 is 5.98. The number of aromatic nitrogens is 1. The van der Waals surface area contributed by atoms with Crippen molar-refractivity contribution in [1.29, 1.82) is 0 Å². The van der Waals surface area contributed by atoms with Gasteiger partial charge in [0.1, 0.15) is 5.82 Å². The second-order valence-corrected chi connectivity index (χ2v) is 4.82. The van der Waals surface area contributed by atoms with E-state index in [1.807, 2.05) is 13.1 Å². The smallest absolute Gasteiger partial charge is 0.128 e. The number of rotatable bonds is 6. The molecule has 0 fully saturated rings. The third-order valence-electron chi connectivity index (χ3n) is 2.63. The highest BCUT2D eigenvalue weighted by Crippen LogP contribution is 2.19. The zero-order valence-corrected chi connectivity index (χ0v) is 11.5. The monoisotopic (exact) mass is 256 g/mol. The highest BCUT2D eigenvalue weighted by Gasteiger charge is 2.06. The summed E-state index contributed by atoms with van der Waals surface area (Å²) in [6.45, 7) is 2.48. The molecular weight excluding hydrogens is 236 g/mol. The van der Waals surface area contributed by atoms with E-state index in [0.717, 1.165) is 30.9 Å². The van der Waals surface area contributed by atoms with Crippen LogP contribution < -0.4 is 10.6 Å². The summed E-state index contributed by atoms with van der Waals surface area (Å²) in [5, 5.41) is 0.637. The van der Waals surface area contributed by atoms with Crippen LogP contribution in [0.25, 0.3) is 0 Å². The predicted octanol–water partition coefficient (Wildman–Crippen LogP) is 1.58. The topological polar surface area (TPSA) is 45.4 Å². The molecule has 0 amide bonds. The van der Waals surface area contributed by atoms with Gasteiger partial charge < -0.3 is 15.5 Å². The Morgan fingerprint density at radius 1 is 1.29 bits per heavy atom. The van der Waals surface area contributed by atoms with E-state index in [1.54, 1.807) is 6.20 Å². The summed E-state index contributed by atoms with van der Waals surface area (Å²) in [5.74, 6) is 0.925. The second-order valence-electron chi connectivity index (χ2n) is 4.42. The molecule has 0 aliphatic rings. The quantitative estimate of drug-likeness (QED) is 0.840. The number of halogens is 1. The molecule has 96 valence electrons. The van der Waals surface area contributed by atoms with Gasteiger partial charge in [-0.2, -0.15) is 0 Å². The van der Waals surface area contributed by atoms with Crippen LogP contribution in [0.1, 0.15) is 12.0 Å². The molecule has 1 heterocycles. The summed E-state index contributed by atoms with van der Waals surface area (Å²) in [6.07, 6.45) is 2.77. The van der Waals surface area contributed by atoms with Crippen molar-refractivity contribution < 1.29 is 0 Å². The summed E-state index contributed by atoms with van der Waals surface area (Å²) in [6, 6.07) is 1.96. The van der Waals surface area contributed by atoms with Crippen molar-refractivity contribution in [2.24, 2.45) is 5.73 Å². The van der Waals surface area contributed by atoms with Gasteiger partial charge in [0, 0.05) is 26.3 Å². The molecule has 4 nitrogen and oxygen atoms in total. The molecule has 0 spiro atoms. The number of hydrogen-bond donors (Lipinski definition) is 1. The molecule has 0 aliphatic heterocycles. The summed E-state index contributed by atoms with van der Waals surface area (Å²) in [5.41, 5.74) is 6.56. The maximum atomic E-state index is 5.98. The van der Waals surface area contributed by atoms with E-state index in [-0.39, 0.29) is 0 Å². The fourth-order valence-electron chi connectivity index (χ4n) is 1.57. The van der Waals surface area contributed by atoms with Crippen molar-refractivity contribution in [3.63, 3.8) is 0 Å². The zero-order valence-electron chi connectivity index (χ0n) is 10.8. The van der Waals surface area contributed by atoms with Gasteiger partial charge in [-0.25, -0.2) is 4.98 Å². The van der Waals surface area contributed by atoms with Crippen LogP contribution in [0.4, 0.5) is 5.82 Å². The van der Waals surface area contributed by atoms with E-state index in [9.17, 15) is 0 Å².